The van der Waals surface area contributed by atoms with Crippen molar-refractivity contribution in [1.82, 2.24) is 5.32 Å². The number of aliphatic hydroxyl groups is 2. The van der Waals surface area contributed by atoms with Crippen LogP contribution in [0.2, 0.25) is 0 Å². The summed E-state index contributed by atoms with van der Waals surface area (Å²) in [5, 5.41) is 23.0. The van der Waals surface area contributed by atoms with Gasteiger partial charge in [0.15, 0.2) is 0 Å². The van der Waals surface area contributed by atoms with Crippen LogP contribution in [0.4, 0.5) is 0 Å². The Hall–Kier alpha value is -1.92. The van der Waals surface area contributed by atoms with Gasteiger partial charge in [-0.15, -0.1) is 0 Å². The first-order valence-corrected chi connectivity index (χ1v) is 25.3. The molecule has 0 aromatic carbocycles. The average molecular weight is 816 g/mol. The first-order chi connectivity index (χ1) is 28.5. The van der Waals surface area contributed by atoms with Crippen LogP contribution in [0, 0.1) is 0 Å². The number of hydrogen-bond donors (Lipinski definition) is 3. The van der Waals surface area contributed by atoms with E-state index in [4.69, 9.17) is 4.74 Å². The highest BCUT2D eigenvalue weighted by Crippen LogP contribution is 2.15. The third-order valence-corrected chi connectivity index (χ3v) is 11.4. The Balaban J connectivity index is 3.60. The monoisotopic (exact) mass is 816 g/mol. The summed E-state index contributed by atoms with van der Waals surface area (Å²) >= 11 is 0. The number of ether oxygens (including phenoxy) is 1. The zero-order valence-corrected chi connectivity index (χ0v) is 38.5. The van der Waals surface area contributed by atoms with E-state index in [0.717, 1.165) is 70.6 Å². The molecule has 0 aliphatic rings. The summed E-state index contributed by atoms with van der Waals surface area (Å²) in [6, 6.07) is -0.666. The number of unbranched alkanes of at least 4 members (excludes halogenated alkanes) is 31. The molecule has 340 valence electrons. The third kappa shape index (κ3) is 43.7. The molecule has 0 fully saturated rings. The van der Waals surface area contributed by atoms with Crippen molar-refractivity contribution in [1.29, 1.82) is 0 Å². The van der Waals surface area contributed by atoms with Crippen LogP contribution >= 0.6 is 0 Å². The van der Waals surface area contributed by atoms with Gasteiger partial charge < -0.3 is 20.3 Å². The fourth-order valence-corrected chi connectivity index (χ4v) is 7.45. The standard InChI is InChI=1S/C52H97NO5/c1-3-5-7-9-11-13-15-17-19-20-21-22-23-25-28-32-36-40-44-50(55)49(48-54)53-51(56)45-41-37-33-29-27-31-35-39-43-47-58-52(57)46-42-38-34-30-26-24-18-16-14-12-10-8-6-4-2/h16,18,29,33,40,44,49-50,54-55H,3-15,17,19-28,30-32,34-39,41-43,45-48H2,1-2H3,(H,53,56)/b18-16-,33-29-,44-40+. The van der Waals surface area contributed by atoms with Crippen molar-refractivity contribution >= 4 is 11.9 Å². The summed E-state index contributed by atoms with van der Waals surface area (Å²) in [5.41, 5.74) is 0. The Labute approximate surface area is 360 Å². The predicted octanol–water partition coefficient (Wildman–Crippen LogP) is 14.9. The molecule has 0 aromatic heterocycles. The molecule has 3 N–H and O–H groups in total. The van der Waals surface area contributed by atoms with Crippen LogP contribution in [0.5, 0.6) is 0 Å². The van der Waals surface area contributed by atoms with Crippen molar-refractivity contribution in [2.24, 2.45) is 0 Å². The molecule has 2 atom stereocenters. The van der Waals surface area contributed by atoms with Gasteiger partial charge in [-0.25, -0.2) is 0 Å². The smallest absolute Gasteiger partial charge is 0.305 e. The minimum Gasteiger partial charge on any atom is -0.466 e. The summed E-state index contributed by atoms with van der Waals surface area (Å²) in [6.45, 7) is 4.79. The van der Waals surface area contributed by atoms with Gasteiger partial charge in [0.2, 0.25) is 5.91 Å². The molecular formula is C52H97NO5. The summed E-state index contributed by atoms with van der Waals surface area (Å²) in [6.07, 6.45) is 57.2. The molecule has 0 rings (SSSR count). The van der Waals surface area contributed by atoms with Crippen LogP contribution < -0.4 is 5.32 Å². The first kappa shape index (κ1) is 56.1. The van der Waals surface area contributed by atoms with Crippen molar-refractivity contribution in [2.75, 3.05) is 13.2 Å². The lowest BCUT2D eigenvalue weighted by atomic mass is 10.0. The second kappa shape index (κ2) is 47.8. The van der Waals surface area contributed by atoms with Gasteiger partial charge in [0.1, 0.15) is 0 Å². The lowest BCUT2D eigenvalue weighted by Crippen LogP contribution is -2.45. The number of amides is 1. The van der Waals surface area contributed by atoms with Crippen molar-refractivity contribution in [2.45, 2.75) is 270 Å². The fraction of sp³-hybridized carbons (Fsp3) is 0.846. The van der Waals surface area contributed by atoms with Gasteiger partial charge in [0.25, 0.3) is 0 Å². The van der Waals surface area contributed by atoms with Crippen molar-refractivity contribution < 1.29 is 24.5 Å². The molecule has 0 saturated carbocycles. The number of nitrogens with one attached hydrogen (secondary N) is 1. The number of allylic oxidation sites excluding steroid dienone is 5. The number of hydrogen-bond acceptors (Lipinski definition) is 5. The van der Waals surface area contributed by atoms with Gasteiger partial charge >= 0.3 is 5.97 Å². The molecule has 6 heteroatoms. The molecular weight excluding hydrogens is 719 g/mol. The molecule has 0 aromatic rings. The highest BCUT2D eigenvalue weighted by atomic mass is 16.5. The van der Waals surface area contributed by atoms with Crippen LogP contribution in [-0.2, 0) is 14.3 Å². The second-order valence-corrected chi connectivity index (χ2v) is 17.1. The molecule has 0 spiro atoms. The fourth-order valence-electron chi connectivity index (χ4n) is 7.45. The molecule has 58 heavy (non-hydrogen) atoms. The molecule has 0 bridgehead atoms. The van der Waals surface area contributed by atoms with E-state index in [-0.39, 0.29) is 18.5 Å². The van der Waals surface area contributed by atoms with Crippen LogP contribution in [-0.4, -0.2) is 47.4 Å². The molecule has 6 nitrogen and oxygen atoms in total. The zero-order chi connectivity index (χ0) is 42.3. The first-order valence-electron chi connectivity index (χ1n) is 25.3. The maximum Gasteiger partial charge on any atom is 0.305 e. The van der Waals surface area contributed by atoms with Crippen LogP contribution in [0.15, 0.2) is 36.5 Å². The van der Waals surface area contributed by atoms with Gasteiger partial charge in [-0.3, -0.25) is 9.59 Å². The summed E-state index contributed by atoms with van der Waals surface area (Å²) in [5.74, 6) is -0.176. The Kier molecular flexibility index (Phi) is 46.2. The van der Waals surface area contributed by atoms with Gasteiger partial charge in [-0.1, -0.05) is 204 Å². The van der Waals surface area contributed by atoms with Crippen LogP contribution in [0.1, 0.15) is 258 Å². The van der Waals surface area contributed by atoms with E-state index < -0.39 is 12.1 Å². The minimum absolute atomic E-state index is 0.0470. The number of carbonyl (C=O) groups excluding carboxylic acids is 2. The van der Waals surface area contributed by atoms with E-state index in [1.807, 2.05) is 6.08 Å². The number of rotatable bonds is 46. The van der Waals surface area contributed by atoms with Crippen molar-refractivity contribution in [3.63, 3.8) is 0 Å². The Morgan fingerprint density at radius 1 is 0.466 bits per heavy atom. The maximum absolute atomic E-state index is 12.4. The van der Waals surface area contributed by atoms with E-state index in [0.29, 0.717) is 19.4 Å². The molecule has 0 saturated heterocycles. The van der Waals surface area contributed by atoms with E-state index in [2.05, 4.69) is 43.5 Å². The third-order valence-electron chi connectivity index (χ3n) is 11.4. The van der Waals surface area contributed by atoms with Crippen molar-refractivity contribution in [3.8, 4) is 0 Å². The molecule has 1 amide bonds. The zero-order valence-electron chi connectivity index (χ0n) is 38.5. The molecule has 0 radical (unpaired) electrons. The minimum atomic E-state index is -0.876. The van der Waals surface area contributed by atoms with Gasteiger partial charge in [-0.2, -0.15) is 0 Å². The molecule has 0 aliphatic heterocycles. The predicted molar refractivity (Wildman–Crippen MR) is 250 cm³/mol. The maximum atomic E-state index is 12.4. The molecule has 0 heterocycles. The van der Waals surface area contributed by atoms with E-state index in [9.17, 15) is 19.8 Å². The SMILES string of the molecule is CCCCCCC/C=C\CCCCCCCC(=O)OCCCCCC/C=C\CCCC(=O)NC(CO)C(O)/C=C/CCCCCCCCCCCCCCCCCC. The topological polar surface area (TPSA) is 95.9 Å². The van der Waals surface area contributed by atoms with E-state index in [1.54, 1.807) is 6.08 Å². The summed E-state index contributed by atoms with van der Waals surface area (Å²) in [7, 11) is 0. The lowest BCUT2D eigenvalue weighted by Gasteiger charge is -2.19. The summed E-state index contributed by atoms with van der Waals surface area (Å²) in [4.78, 5) is 24.4. The quantitative estimate of drug-likeness (QED) is 0.0323. The van der Waals surface area contributed by atoms with Gasteiger partial charge in [0, 0.05) is 12.8 Å². The van der Waals surface area contributed by atoms with Gasteiger partial charge in [0.05, 0.1) is 25.4 Å². The molecule has 2 unspecified atom stereocenters. The highest BCUT2D eigenvalue weighted by molar-refractivity contribution is 5.76. The number of aliphatic hydroxyl groups excluding tert-OH is 2. The lowest BCUT2D eigenvalue weighted by molar-refractivity contribution is -0.143. The Morgan fingerprint density at radius 3 is 1.26 bits per heavy atom. The summed E-state index contributed by atoms with van der Waals surface area (Å²) < 4.78 is 5.43. The number of carbonyl (C=O) groups is 2. The van der Waals surface area contributed by atoms with Gasteiger partial charge in [-0.05, 0) is 77.0 Å². The Morgan fingerprint density at radius 2 is 0.828 bits per heavy atom. The average Bonchev–Trinajstić information content (AvgIpc) is 3.22. The van der Waals surface area contributed by atoms with E-state index >= 15 is 0 Å². The Bertz CT molecular complexity index is 946. The number of esters is 1. The molecule has 0 aliphatic carbocycles. The normalized spacial score (nSPS) is 13.0. The second-order valence-electron chi connectivity index (χ2n) is 17.1. The van der Waals surface area contributed by atoms with Crippen LogP contribution in [0.3, 0.4) is 0 Å². The van der Waals surface area contributed by atoms with E-state index in [1.165, 1.54) is 161 Å². The van der Waals surface area contributed by atoms with Crippen molar-refractivity contribution in [3.05, 3.63) is 36.5 Å². The highest BCUT2D eigenvalue weighted by Gasteiger charge is 2.17. The van der Waals surface area contributed by atoms with Crippen LogP contribution in [0.25, 0.3) is 0 Å². The largest absolute Gasteiger partial charge is 0.466 e.